The van der Waals surface area contributed by atoms with E-state index in [1.807, 2.05) is 33.0 Å². The largest absolute Gasteiger partial charge is 0.316 e. The zero-order valence-electron chi connectivity index (χ0n) is 13.2. The van der Waals surface area contributed by atoms with Gasteiger partial charge < -0.3 is 5.32 Å². The third-order valence-electron chi connectivity index (χ3n) is 4.34. The molecule has 1 N–H and O–H groups in total. The molecule has 0 spiro atoms. The number of nitrogens with zero attached hydrogens (tertiary/aromatic N) is 1. The van der Waals surface area contributed by atoms with Crippen molar-refractivity contribution in [2.45, 2.75) is 57.0 Å². The van der Waals surface area contributed by atoms with Crippen LogP contribution in [0.4, 0.5) is 0 Å². The van der Waals surface area contributed by atoms with E-state index in [9.17, 15) is 8.42 Å². The van der Waals surface area contributed by atoms with Gasteiger partial charge in [0.25, 0.3) is 0 Å². The molecule has 0 atom stereocenters. The molecule has 0 saturated heterocycles. The molecule has 5 heteroatoms. The molecule has 1 fully saturated rings. The molecular weight excluding hydrogens is 284 g/mol. The van der Waals surface area contributed by atoms with E-state index in [0.29, 0.717) is 18.0 Å². The normalized spacial score (nSPS) is 16.8. The van der Waals surface area contributed by atoms with Crippen LogP contribution in [0.25, 0.3) is 0 Å². The Morgan fingerprint density at radius 3 is 2.52 bits per heavy atom. The highest BCUT2D eigenvalue weighted by Gasteiger charge is 2.32. The molecule has 1 aromatic rings. The van der Waals surface area contributed by atoms with E-state index in [2.05, 4.69) is 5.32 Å². The van der Waals surface area contributed by atoms with Crippen molar-refractivity contribution in [2.75, 3.05) is 13.6 Å². The van der Waals surface area contributed by atoms with Crippen molar-refractivity contribution in [3.05, 3.63) is 29.3 Å². The molecular formula is C16H26N2O2S. The first-order chi connectivity index (χ1) is 10.0. The Kier molecular flexibility index (Phi) is 5.41. The molecule has 0 unspecified atom stereocenters. The number of hydrogen-bond acceptors (Lipinski definition) is 3. The van der Waals surface area contributed by atoms with Crippen molar-refractivity contribution in [3.8, 4) is 0 Å². The van der Waals surface area contributed by atoms with E-state index in [1.54, 1.807) is 10.4 Å². The Labute approximate surface area is 128 Å². The zero-order chi connectivity index (χ0) is 15.5. The Balaban J connectivity index is 2.35. The third-order valence-corrected chi connectivity index (χ3v) is 6.36. The Bertz CT molecular complexity index is 578. The van der Waals surface area contributed by atoms with E-state index < -0.39 is 10.0 Å². The summed E-state index contributed by atoms with van der Waals surface area (Å²) in [6.45, 7) is 5.17. The lowest BCUT2D eigenvalue weighted by atomic mass is 10.1. The zero-order valence-corrected chi connectivity index (χ0v) is 14.0. The van der Waals surface area contributed by atoms with Crippen LogP contribution in [0, 0.1) is 6.92 Å². The molecule has 0 radical (unpaired) electrons. The van der Waals surface area contributed by atoms with Gasteiger partial charge in [-0.1, -0.05) is 25.8 Å². The maximum atomic E-state index is 12.9. The van der Waals surface area contributed by atoms with Gasteiger partial charge in [0, 0.05) is 19.1 Å². The van der Waals surface area contributed by atoms with E-state index in [4.69, 9.17) is 0 Å². The number of aryl methyl sites for hydroxylation is 1. The summed E-state index contributed by atoms with van der Waals surface area (Å²) in [6.07, 6.45) is 4.25. The minimum Gasteiger partial charge on any atom is -0.316 e. The minimum atomic E-state index is -3.39. The quantitative estimate of drug-likeness (QED) is 0.879. The lowest BCUT2D eigenvalue weighted by Crippen LogP contribution is -2.38. The number of sulfonamides is 1. The van der Waals surface area contributed by atoms with Gasteiger partial charge in [0.2, 0.25) is 10.0 Å². The van der Waals surface area contributed by atoms with Crippen LogP contribution >= 0.6 is 0 Å². The summed E-state index contributed by atoms with van der Waals surface area (Å²) in [6, 6.07) is 5.64. The second-order valence-electron chi connectivity index (χ2n) is 5.77. The van der Waals surface area contributed by atoms with Gasteiger partial charge in [-0.2, -0.15) is 4.31 Å². The van der Waals surface area contributed by atoms with Gasteiger partial charge in [-0.05, 0) is 50.1 Å². The minimum absolute atomic E-state index is 0.175. The van der Waals surface area contributed by atoms with E-state index in [1.165, 1.54) is 0 Å². The molecule has 1 aliphatic rings. The lowest BCUT2D eigenvalue weighted by molar-refractivity contribution is 0.335. The molecule has 0 aliphatic heterocycles. The Morgan fingerprint density at radius 2 is 1.95 bits per heavy atom. The second kappa shape index (κ2) is 6.90. The van der Waals surface area contributed by atoms with Crippen LogP contribution in [-0.4, -0.2) is 32.4 Å². The summed E-state index contributed by atoms with van der Waals surface area (Å²) in [5.74, 6) is 0. The number of hydrogen-bond donors (Lipinski definition) is 1. The van der Waals surface area contributed by atoms with Crippen LogP contribution in [0.3, 0.4) is 0 Å². The van der Waals surface area contributed by atoms with E-state index in [0.717, 1.165) is 36.8 Å². The monoisotopic (exact) mass is 310 g/mol. The molecule has 0 bridgehead atoms. The molecule has 0 aromatic heterocycles. The van der Waals surface area contributed by atoms with Gasteiger partial charge >= 0.3 is 0 Å². The van der Waals surface area contributed by atoms with Crippen molar-refractivity contribution < 1.29 is 8.42 Å². The predicted octanol–water partition coefficient (Wildman–Crippen LogP) is 2.67. The summed E-state index contributed by atoms with van der Waals surface area (Å²) < 4.78 is 27.5. The SMILES string of the molecule is CCN(C1CCCC1)S(=O)(=O)c1ccc(C)c(CNC)c1. The molecule has 0 heterocycles. The third kappa shape index (κ3) is 3.47. The van der Waals surface area contributed by atoms with E-state index >= 15 is 0 Å². The lowest BCUT2D eigenvalue weighted by Gasteiger charge is -2.27. The number of nitrogens with one attached hydrogen (secondary N) is 1. The van der Waals surface area contributed by atoms with Gasteiger partial charge in [-0.15, -0.1) is 0 Å². The van der Waals surface area contributed by atoms with Crippen molar-refractivity contribution in [3.63, 3.8) is 0 Å². The highest BCUT2D eigenvalue weighted by atomic mass is 32.2. The Morgan fingerprint density at radius 1 is 1.29 bits per heavy atom. The average molecular weight is 310 g/mol. The maximum absolute atomic E-state index is 12.9. The summed E-state index contributed by atoms with van der Waals surface area (Å²) in [5, 5.41) is 3.09. The first kappa shape index (κ1) is 16.5. The highest BCUT2D eigenvalue weighted by molar-refractivity contribution is 7.89. The van der Waals surface area contributed by atoms with Crippen LogP contribution in [-0.2, 0) is 16.6 Å². The fraction of sp³-hybridized carbons (Fsp3) is 0.625. The molecule has 0 amide bonds. The van der Waals surface area contributed by atoms with Gasteiger partial charge in [0.15, 0.2) is 0 Å². The molecule has 4 nitrogen and oxygen atoms in total. The first-order valence-corrected chi connectivity index (χ1v) is 9.20. The van der Waals surface area contributed by atoms with Crippen molar-refractivity contribution in [1.82, 2.24) is 9.62 Å². The highest BCUT2D eigenvalue weighted by Crippen LogP contribution is 2.29. The van der Waals surface area contributed by atoms with Crippen LogP contribution < -0.4 is 5.32 Å². The fourth-order valence-electron chi connectivity index (χ4n) is 3.14. The van der Waals surface area contributed by atoms with Crippen LogP contribution in [0.1, 0.15) is 43.7 Å². The second-order valence-corrected chi connectivity index (χ2v) is 7.66. The van der Waals surface area contributed by atoms with E-state index in [-0.39, 0.29) is 6.04 Å². The molecule has 1 aliphatic carbocycles. The van der Waals surface area contributed by atoms with Gasteiger partial charge in [-0.3, -0.25) is 0 Å². The molecule has 1 aromatic carbocycles. The van der Waals surface area contributed by atoms with Crippen molar-refractivity contribution in [2.24, 2.45) is 0 Å². The van der Waals surface area contributed by atoms with Crippen molar-refractivity contribution >= 4 is 10.0 Å². The van der Waals surface area contributed by atoms with Crippen LogP contribution in [0.2, 0.25) is 0 Å². The molecule has 2 rings (SSSR count). The maximum Gasteiger partial charge on any atom is 0.243 e. The molecule has 118 valence electrons. The average Bonchev–Trinajstić information content (AvgIpc) is 2.95. The first-order valence-electron chi connectivity index (χ1n) is 7.76. The van der Waals surface area contributed by atoms with Gasteiger partial charge in [-0.25, -0.2) is 8.42 Å². The Hall–Kier alpha value is -0.910. The van der Waals surface area contributed by atoms with Crippen molar-refractivity contribution in [1.29, 1.82) is 0 Å². The van der Waals surface area contributed by atoms with Crippen LogP contribution in [0.15, 0.2) is 23.1 Å². The van der Waals surface area contributed by atoms with Crippen LogP contribution in [0.5, 0.6) is 0 Å². The summed E-state index contributed by atoms with van der Waals surface area (Å²) in [5.41, 5.74) is 2.16. The number of benzene rings is 1. The standard InChI is InChI=1S/C16H26N2O2S/c1-4-18(15-7-5-6-8-15)21(19,20)16-10-9-13(2)14(11-16)12-17-3/h9-11,15,17H,4-8,12H2,1-3H3. The fourth-order valence-corrected chi connectivity index (χ4v) is 4.89. The van der Waals surface area contributed by atoms with Gasteiger partial charge in [0.05, 0.1) is 4.90 Å². The van der Waals surface area contributed by atoms with Gasteiger partial charge in [0.1, 0.15) is 0 Å². The predicted molar refractivity (Wildman–Crippen MR) is 85.8 cm³/mol. The smallest absolute Gasteiger partial charge is 0.243 e. The summed E-state index contributed by atoms with van der Waals surface area (Å²) in [4.78, 5) is 0.423. The topological polar surface area (TPSA) is 49.4 Å². The number of rotatable bonds is 6. The summed E-state index contributed by atoms with van der Waals surface area (Å²) in [7, 11) is -1.51. The molecule has 1 saturated carbocycles. The summed E-state index contributed by atoms with van der Waals surface area (Å²) >= 11 is 0. The molecule has 21 heavy (non-hydrogen) atoms.